The Balaban J connectivity index is 1.61. The Labute approximate surface area is 158 Å². The molecule has 2 amide bonds. The third-order valence-electron chi connectivity index (χ3n) is 4.00. The smallest absolute Gasteiger partial charge is 0.282 e. The number of hydrogen-bond acceptors (Lipinski definition) is 3. The Morgan fingerprint density at radius 1 is 1.04 bits per heavy atom. The minimum atomic E-state index is -0.542. The van der Waals surface area contributed by atoms with Crippen LogP contribution >= 0.6 is 11.6 Å². The first-order valence-electron chi connectivity index (χ1n) is 8.00. The van der Waals surface area contributed by atoms with Crippen LogP contribution < -0.4 is 10.4 Å². The van der Waals surface area contributed by atoms with E-state index in [1.807, 2.05) is 0 Å². The molecule has 1 aliphatic heterocycles. The molecular weight excluding hydrogens is 371 g/mol. The number of benzene rings is 2. The van der Waals surface area contributed by atoms with E-state index in [9.17, 15) is 14.0 Å². The molecule has 0 spiro atoms. The van der Waals surface area contributed by atoms with Crippen molar-refractivity contribution in [2.75, 3.05) is 5.01 Å². The second kappa shape index (κ2) is 6.74. The van der Waals surface area contributed by atoms with Gasteiger partial charge in [-0.25, -0.2) is 9.40 Å². The van der Waals surface area contributed by atoms with Gasteiger partial charge in [-0.1, -0.05) is 17.7 Å². The van der Waals surface area contributed by atoms with Crippen LogP contribution in [0.5, 0.6) is 0 Å². The number of nitrogens with zero attached hydrogens (tertiary/aromatic N) is 1. The van der Waals surface area contributed by atoms with Crippen molar-refractivity contribution in [1.29, 1.82) is 0 Å². The third-order valence-corrected chi connectivity index (χ3v) is 4.24. The van der Waals surface area contributed by atoms with Crippen molar-refractivity contribution < 1.29 is 18.4 Å². The lowest BCUT2D eigenvalue weighted by atomic mass is 10.2. The molecule has 3 aromatic rings. The average Bonchev–Trinajstić information content (AvgIpc) is 3.23. The van der Waals surface area contributed by atoms with Gasteiger partial charge in [-0.2, -0.15) is 0 Å². The zero-order chi connectivity index (χ0) is 19.0. The van der Waals surface area contributed by atoms with Crippen molar-refractivity contribution >= 4 is 35.2 Å². The number of rotatable bonds is 3. The largest absolute Gasteiger partial charge is 0.457 e. The fourth-order valence-corrected chi connectivity index (χ4v) is 2.88. The molecule has 27 heavy (non-hydrogen) atoms. The van der Waals surface area contributed by atoms with Crippen LogP contribution in [-0.2, 0) is 9.59 Å². The van der Waals surface area contributed by atoms with Crippen molar-refractivity contribution in [3.8, 4) is 11.3 Å². The summed E-state index contributed by atoms with van der Waals surface area (Å²) in [5.41, 5.74) is 3.58. The number of nitrogens with one attached hydrogen (secondary N) is 1. The van der Waals surface area contributed by atoms with Crippen LogP contribution in [0.4, 0.5) is 10.1 Å². The van der Waals surface area contributed by atoms with E-state index in [0.29, 0.717) is 27.8 Å². The summed E-state index contributed by atoms with van der Waals surface area (Å²) in [6.07, 6.45) is 1.37. The zero-order valence-electron chi connectivity index (χ0n) is 13.8. The van der Waals surface area contributed by atoms with Gasteiger partial charge >= 0.3 is 0 Å². The van der Waals surface area contributed by atoms with Gasteiger partial charge in [0, 0.05) is 10.6 Å². The molecule has 1 aliphatic rings. The lowest BCUT2D eigenvalue weighted by molar-refractivity contribution is -0.117. The third kappa shape index (κ3) is 3.35. The maximum absolute atomic E-state index is 13.0. The number of hydrazine groups is 1. The number of halogens is 2. The van der Waals surface area contributed by atoms with Gasteiger partial charge in [0.25, 0.3) is 11.8 Å². The second-order valence-corrected chi connectivity index (χ2v) is 6.26. The van der Waals surface area contributed by atoms with Gasteiger partial charge in [0.1, 0.15) is 22.9 Å². The summed E-state index contributed by atoms with van der Waals surface area (Å²) in [6, 6.07) is 15.7. The van der Waals surface area contributed by atoms with Gasteiger partial charge < -0.3 is 4.42 Å². The monoisotopic (exact) mass is 382 g/mol. The molecule has 1 aromatic heterocycles. The Morgan fingerprint density at radius 3 is 2.56 bits per heavy atom. The fourth-order valence-electron chi connectivity index (χ4n) is 2.70. The summed E-state index contributed by atoms with van der Waals surface area (Å²) >= 11 is 5.94. The number of carbonyl (C=O) groups excluding carboxylic acids is 2. The molecule has 2 aromatic carbocycles. The number of carbonyl (C=O) groups is 2. The summed E-state index contributed by atoms with van der Waals surface area (Å²) in [7, 11) is 0. The lowest BCUT2D eigenvalue weighted by Crippen LogP contribution is -2.35. The summed E-state index contributed by atoms with van der Waals surface area (Å²) in [5, 5.41) is 1.58. The molecule has 1 fully saturated rings. The molecule has 134 valence electrons. The normalized spacial score (nSPS) is 15.5. The van der Waals surface area contributed by atoms with E-state index in [1.165, 1.54) is 18.2 Å². The van der Waals surface area contributed by atoms with E-state index in [0.717, 1.165) is 5.01 Å². The molecule has 0 unspecified atom stereocenters. The SMILES string of the molecule is O=C1NN(c2cccc(Cl)c2)C(=O)/C1=C/c1ccc(-c2ccc(F)cc2)o1. The van der Waals surface area contributed by atoms with E-state index in [2.05, 4.69) is 5.43 Å². The van der Waals surface area contributed by atoms with Crippen LogP contribution in [-0.4, -0.2) is 11.8 Å². The molecule has 1 saturated heterocycles. The molecule has 0 atom stereocenters. The summed E-state index contributed by atoms with van der Waals surface area (Å²) in [6.45, 7) is 0. The van der Waals surface area contributed by atoms with Crippen molar-refractivity contribution in [3.05, 3.63) is 82.8 Å². The van der Waals surface area contributed by atoms with E-state index in [1.54, 1.807) is 48.5 Å². The average molecular weight is 383 g/mol. The highest BCUT2D eigenvalue weighted by Crippen LogP contribution is 2.26. The summed E-state index contributed by atoms with van der Waals surface area (Å²) < 4.78 is 18.7. The molecule has 2 heterocycles. The van der Waals surface area contributed by atoms with E-state index in [4.69, 9.17) is 16.0 Å². The van der Waals surface area contributed by atoms with Crippen molar-refractivity contribution in [2.45, 2.75) is 0 Å². The number of anilines is 1. The van der Waals surface area contributed by atoms with E-state index >= 15 is 0 Å². The van der Waals surface area contributed by atoms with Crippen LogP contribution in [0.3, 0.4) is 0 Å². The first-order valence-corrected chi connectivity index (χ1v) is 8.37. The van der Waals surface area contributed by atoms with Gasteiger partial charge in [0.05, 0.1) is 5.69 Å². The highest BCUT2D eigenvalue weighted by molar-refractivity contribution is 6.33. The van der Waals surface area contributed by atoms with E-state index < -0.39 is 11.8 Å². The predicted molar refractivity (Wildman–Crippen MR) is 99.2 cm³/mol. The van der Waals surface area contributed by atoms with Gasteiger partial charge in [0.15, 0.2) is 0 Å². The van der Waals surface area contributed by atoms with Crippen LogP contribution in [0.2, 0.25) is 5.02 Å². The Morgan fingerprint density at radius 2 is 1.81 bits per heavy atom. The van der Waals surface area contributed by atoms with Crippen molar-refractivity contribution in [3.63, 3.8) is 0 Å². The van der Waals surface area contributed by atoms with E-state index in [-0.39, 0.29) is 11.4 Å². The standard InChI is InChI=1S/C20H12ClFN2O3/c21-13-2-1-3-15(10-13)24-20(26)17(19(25)23-24)11-16-8-9-18(27-16)12-4-6-14(22)7-5-12/h1-11H,(H,23,25)/b17-11+. The molecule has 0 bridgehead atoms. The molecular formula is C20H12ClFN2O3. The quantitative estimate of drug-likeness (QED) is 0.545. The highest BCUT2D eigenvalue weighted by Gasteiger charge is 2.34. The molecule has 1 N–H and O–H groups in total. The number of furan rings is 1. The van der Waals surface area contributed by atoms with Crippen LogP contribution in [0.1, 0.15) is 5.76 Å². The number of amides is 2. The summed E-state index contributed by atoms with van der Waals surface area (Å²) in [5.74, 6) is -0.566. The maximum atomic E-state index is 13.0. The van der Waals surface area contributed by atoms with Gasteiger partial charge in [0.2, 0.25) is 0 Å². The van der Waals surface area contributed by atoms with Gasteiger partial charge in [-0.3, -0.25) is 15.0 Å². The molecule has 5 nitrogen and oxygen atoms in total. The minimum Gasteiger partial charge on any atom is -0.457 e. The van der Waals surface area contributed by atoms with Crippen LogP contribution in [0.15, 0.2) is 70.7 Å². The highest BCUT2D eigenvalue weighted by atomic mass is 35.5. The second-order valence-electron chi connectivity index (χ2n) is 5.83. The molecule has 0 aliphatic carbocycles. The minimum absolute atomic E-state index is 0.0602. The molecule has 0 saturated carbocycles. The predicted octanol–water partition coefficient (Wildman–Crippen LogP) is 4.20. The molecule has 0 radical (unpaired) electrons. The maximum Gasteiger partial charge on any atom is 0.282 e. The first-order chi connectivity index (χ1) is 13.0. The van der Waals surface area contributed by atoms with Crippen molar-refractivity contribution in [1.82, 2.24) is 5.43 Å². The zero-order valence-corrected chi connectivity index (χ0v) is 14.5. The molecule has 4 rings (SSSR count). The number of hydrogen-bond donors (Lipinski definition) is 1. The Bertz CT molecular complexity index is 1070. The lowest BCUT2D eigenvalue weighted by Gasteiger charge is -2.14. The van der Waals surface area contributed by atoms with Gasteiger partial charge in [-0.15, -0.1) is 0 Å². The van der Waals surface area contributed by atoms with Crippen LogP contribution in [0, 0.1) is 5.82 Å². The van der Waals surface area contributed by atoms with Crippen LogP contribution in [0.25, 0.3) is 17.4 Å². The Kier molecular flexibility index (Phi) is 4.25. The van der Waals surface area contributed by atoms with Crippen molar-refractivity contribution in [2.24, 2.45) is 0 Å². The summed E-state index contributed by atoms with van der Waals surface area (Å²) in [4.78, 5) is 24.8. The van der Waals surface area contributed by atoms with Gasteiger partial charge in [-0.05, 0) is 60.7 Å². The topological polar surface area (TPSA) is 62.6 Å². The Hall–Kier alpha value is -3.38. The fraction of sp³-hybridized carbons (Fsp3) is 0. The molecule has 7 heteroatoms. The first kappa shape index (κ1) is 17.1.